The fourth-order valence-electron chi connectivity index (χ4n) is 1.88. The summed E-state index contributed by atoms with van der Waals surface area (Å²) in [6.07, 6.45) is 1.90. The van der Waals surface area contributed by atoms with Gasteiger partial charge in [0.2, 0.25) is 0 Å². The second kappa shape index (κ2) is 6.22. The zero-order valence-electron chi connectivity index (χ0n) is 11.3. The Labute approximate surface area is 116 Å². The Morgan fingerprint density at radius 2 is 2.25 bits per heavy atom. The maximum absolute atomic E-state index is 11.2. The van der Waals surface area contributed by atoms with Crippen LogP contribution in [0.4, 0.5) is 0 Å². The van der Waals surface area contributed by atoms with Gasteiger partial charge < -0.3 is 14.9 Å². The summed E-state index contributed by atoms with van der Waals surface area (Å²) in [5, 5.41) is 9.71. The van der Waals surface area contributed by atoms with Crippen LogP contribution < -0.4 is 16.1 Å². The number of nitrogens with two attached hydrogens (primary N) is 1. The molecule has 5 heteroatoms. The highest BCUT2D eigenvalue weighted by atomic mass is 16.5. The van der Waals surface area contributed by atoms with Gasteiger partial charge in [-0.15, -0.1) is 0 Å². The van der Waals surface area contributed by atoms with Crippen LogP contribution in [0.15, 0.2) is 33.5 Å². The standard InChI is InChI=1S/C15H16N2O3/c1-2-3-6-19-14-8-13-10(4-5-15(18)20-13)7-11(14)12(17)9-16/h4-5,7-8,12H,2-3,6,17H2,1H3. The molecule has 1 heterocycles. The van der Waals surface area contributed by atoms with E-state index in [1.807, 2.05) is 6.07 Å². The molecule has 1 unspecified atom stereocenters. The molecule has 0 fully saturated rings. The van der Waals surface area contributed by atoms with E-state index in [0.717, 1.165) is 12.8 Å². The van der Waals surface area contributed by atoms with Gasteiger partial charge in [0, 0.05) is 23.1 Å². The summed E-state index contributed by atoms with van der Waals surface area (Å²) in [6.45, 7) is 2.59. The van der Waals surface area contributed by atoms with Crippen LogP contribution in [0, 0.1) is 11.3 Å². The number of hydrogen-bond donors (Lipinski definition) is 1. The van der Waals surface area contributed by atoms with E-state index in [1.54, 1.807) is 18.2 Å². The highest BCUT2D eigenvalue weighted by Gasteiger charge is 2.14. The molecule has 104 valence electrons. The van der Waals surface area contributed by atoms with Crippen molar-refractivity contribution in [3.63, 3.8) is 0 Å². The van der Waals surface area contributed by atoms with E-state index in [9.17, 15) is 4.79 Å². The maximum Gasteiger partial charge on any atom is 0.336 e. The van der Waals surface area contributed by atoms with Crippen LogP contribution >= 0.6 is 0 Å². The zero-order valence-corrected chi connectivity index (χ0v) is 11.3. The highest BCUT2D eigenvalue weighted by molar-refractivity contribution is 5.79. The van der Waals surface area contributed by atoms with Crippen LogP contribution in [-0.2, 0) is 0 Å². The minimum absolute atomic E-state index is 0.422. The number of nitriles is 1. The Morgan fingerprint density at radius 1 is 1.45 bits per heavy atom. The van der Waals surface area contributed by atoms with Crippen molar-refractivity contribution in [2.24, 2.45) is 5.73 Å². The first kappa shape index (κ1) is 14.1. The van der Waals surface area contributed by atoms with E-state index in [2.05, 4.69) is 6.92 Å². The summed E-state index contributed by atoms with van der Waals surface area (Å²) < 4.78 is 10.8. The number of hydrogen-bond acceptors (Lipinski definition) is 5. The van der Waals surface area contributed by atoms with Crippen LogP contribution in [-0.4, -0.2) is 6.61 Å². The molecule has 2 rings (SSSR count). The average Bonchev–Trinajstić information content (AvgIpc) is 2.46. The smallest absolute Gasteiger partial charge is 0.336 e. The quantitative estimate of drug-likeness (QED) is 0.667. The minimum Gasteiger partial charge on any atom is -0.493 e. The molecule has 0 aliphatic rings. The molecule has 2 aromatic rings. The summed E-state index contributed by atoms with van der Waals surface area (Å²) in [5.41, 5.74) is 6.40. The van der Waals surface area contributed by atoms with E-state index < -0.39 is 11.7 Å². The van der Waals surface area contributed by atoms with E-state index in [1.165, 1.54) is 6.07 Å². The summed E-state index contributed by atoms with van der Waals surface area (Å²) in [6, 6.07) is 7.55. The summed E-state index contributed by atoms with van der Waals surface area (Å²) >= 11 is 0. The molecule has 5 nitrogen and oxygen atoms in total. The van der Waals surface area contributed by atoms with Crippen molar-refractivity contribution >= 4 is 11.0 Å². The second-order valence-electron chi connectivity index (χ2n) is 4.49. The van der Waals surface area contributed by atoms with Crippen molar-refractivity contribution in [1.29, 1.82) is 5.26 Å². The third kappa shape index (κ3) is 2.98. The van der Waals surface area contributed by atoms with Crippen molar-refractivity contribution in [1.82, 2.24) is 0 Å². The molecule has 0 radical (unpaired) electrons. The van der Waals surface area contributed by atoms with Gasteiger partial charge in [0.15, 0.2) is 0 Å². The Hall–Kier alpha value is -2.32. The van der Waals surface area contributed by atoms with Gasteiger partial charge in [-0.1, -0.05) is 13.3 Å². The minimum atomic E-state index is -0.775. The molecule has 0 amide bonds. The second-order valence-corrected chi connectivity index (χ2v) is 4.49. The molecular formula is C15H16N2O3. The largest absolute Gasteiger partial charge is 0.493 e. The maximum atomic E-state index is 11.2. The number of rotatable bonds is 5. The molecule has 1 aromatic heterocycles. The molecule has 1 aromatic carbocycles. The third-order valence-electron chi connectivity index (χ3n) is 2.98. The SMILES string of the molecule is CCCCOc1cc2oc(=O)ccc2cc1C(N)C#N. The van der Waals surface area contributed by atoms with Crippen LogP contribution in [0.25, 0.3) is 11.0 Å². The fraction of sp³-hybridized carbons (Fsp3) is 0.333. The number of fused-ring (bicyclic) bond motifs is 1. The Morgan fingerprint density at radius 3 is 2.95 bits per heavy atom. The van der Waals surface area contributed by atoms with Gasteiger partial charge in [-0.25, -0.2) is 4.79 Å². The van der Waals surface area contributed by atoms with E-state index >= 15 is 0 Å². The number of benzene rings is 1. The average molecular weight is 272 g/mol. The predicted molar refractivity (Wildman–Crippen MR) is 75.4 cm³/mol. The molecule has 1 atom stereocenters. The van der Waals surface area contributed by atoms with Crippen molar-refractivity contribution in [2.75, 3.05) is 6.61 Å². The monoisotopic (exact) mass is 272 g/mol. The normalized spacial score (nSPS) is 12.1. The number of unbranched alkanes of at least 4 members (excludes halogenated alkanes) is 1. The highest BCUT2D eigenvalue weighted by Crippen LogP contribution is 2.29. The molecule has 20 heavy (non-hydrogen) atoms. The fourth-order valence-corrected chi connectivity index (χ4v) is 1.88. The molecular weight excluding hydrogens is 256 g/mol. The Kier molecular flexibility index (Phi) is 4.38. The molecule has 0 aliphatic carbocycles. The molecule has 0 bridgehead atoms. The zero-order chi connectivity index (χ0) is 14.5. The lowest BCUT2D eigenvalue weighted by Gasteiger charge is -2.13. The van der Waals surface area contributed by atoms with Crippen molar-refractivity contribution in [2.45, 2.75) is 25.8 Å². The van der Waals surface area contributed by atoms with Crippen LogP contribution in [0.1, 0.15) is 31.4 Å². The lowest BCUT2D eigenvalue weighted by atomic mass is 10.0. The van der Waals surface area contributed by atoms with E-state index in [0.29, 0.717) is 28.9 Å². The van der Waals surface area contributed by atoms with Gasteiger partial charge >= 0.3 is 5.63 Å². The topological polar surface area (TPSA) is 89.2 Å². The summed E-state index contributed by atoms with van der Waals surface area (Å²) in [7, 11) is 0. The van der Waals surface area contributed by atoms with E-state index in [-0.39, 0.29) is 0 Å². The lowest BCUT2D eigenvalue weighted by Crippen LogP contribution is -2.10. The van der Waals surface area contributed by atoms with E-state index in [4.69, 9.17) is 20.1 Å². The summed E-state index contributed by atoms with van der Waals surface area (Å²) in [5.74, 6) is 0.495. The Balaban J connectivity index is 2.49. The molecule has 0 saturated carbocycles. The number of ether oxygens (including phenoxy) is 1. The molecule has 0 saturated heterocycles. The van der Waals surface area contributed by atoms with Crippen LogP contribution in [0.2, 0.25) is 0 Å². The predicted octanol–water partition coefficient (Wildman–Crippen LogP) is 2.50. The van der Waals surface area contributed by atoms with Crippen LogP contribution in [0.3, 0.4) is 0 Å². The first-order valence-corrected chi connectivity index (χ1v) is 6.51. The first-order chi connectivity index (χ1) is 9.65. The van der Waals surface area contributed by atoms with Gasteiger partial charge in [-0.05, 0) is 18.6 Å². The van der Waals surface area contributed by atoms with Gasteiger partial charge in [-0.2, -0.15) is 5.26 Å². The van der Waals surface area contributed by atoms with Gasteiger partial charge in [-0.3, -0.25) is 0 Å². The van der Waals surface area contributed by atoms with Gasteiger partial charge in [0.1, 0.15) is 17.4 Å². The van der Waals surface area contributed by atoms with Gasteiger partial charge in [0.05, 0.1) is 12.7 Å². The number of nitrogens with zero attached hydrogens (tertiary/aromatic N) is 1. The Bertz CT molecular complexity index is 700. The van der Waals surface area contributed by atoms with Crippen molar-refractivity contribution < 1.29 is 9.15 Å². The van der Waals surface area contributed by atoms with Crippen LogP contribution in [0.5, 0.6) is 5.75 Å². The van der Waals surface area contributed by atoms with Gasteiger partial charge in [0.25, 0.3) is 0 Å². The van der Waals surface area contributed by atoms with Crippen molar-refractivity contribution in [3.8, 4) is 11.8 Å². The third-order valence-corrected chi connectivity index (χ3v) is 2.98. The molecule has 2 N–H and O–H groups in total. The molecule has 0 spiro atoms. The van der Waals surface area contributed by atoms with Crippen molar-refractivity contribution in [3.05, 3.63) is 40.2 Å². The first-order valence-electron chi connectivity index (χ1n) is 6.51. The summed E-state index contributed by atoms with van der Waals surface area (Å²) in [4.78, 5) is 11.2. The lowest BCUT2D eigenvalue weighted by molar-refractivity contribution is 0.305. The molecule has 0 aliphatic heterocycles.